The van der Waals surface area contributed by atoms with E-state index in [0.29, 0.717) is 23.7 Å². The van der Waals surface area contributed by atoms with Crippen LogP contribution >= 0.6 is 0 Å². The Morgan fingerprint density at radius 2 is 2.26 bits per heavy atom. The molecule has 0 radical (unpaired) electrons. The molecule has 0 saturated heterocycles. The zero-order valence-electron chi connectivity index (χ0n) is 13.4. The predicted molar refractivity (Wildman–Crippen MR) is 85.0 cm³/mol. The largest absolute Gasteiger partial charge is 0.463 e. The minimum atomic E-state index is -0.210. The van der Waals surface area contributed by atoms with Crippen LogP contribution in [0.2, 0.25) is 0 Å². The van der Waals surface area contributed by atoms with Crippen LogP contribution in [-0.2, 0) is 13.5 Å². The number of amides is 1. The highest BCUT2D eigenvalue weighted by Crippen LogP contribution is 2.17. The lowest BCUT2D eigenvalue weighted by molar-refractivity contribution is 0.0949. The number of hydrogen-bond donors (Lipinski definition) is 2. The van der Waals surface area contributed by atoms with Crippen molar-refractivity contribution in [3.8, 4) is 11.5 Å². The van der Waals surface area contributed by atoms with Crippen molar-refractivity contribution in [3.63, 3.8) is 0 Å². The summed E-state index contributed by atoms with van der Waals surface area (Å²) in [6, 6.07) is 5.27. The highest BCUT2D eigenvalue weighted by atomic mass is 16.3. The third-order valence-corrected chi connectivity index (χ3v) is 3.92. The van der Waals surface area contributed by atoms with Crippen LogP contribution in [0.25, 0.3) is 11.5 Å². The SMILES string of the molecule is Cc1nn(C)c(C)c1CCNC(=O)c1cc(-c2ccco2)[nH]n1. The van der Waals surface area contributed by atoms with Crippen LogP contribution in [0.4, 0.5) is 0 Å². The van der Waals surface area contributed by atoms with Crippen molar-refractivity contribution in [3.05, 3.63) is 47.1 Å². The van der Waals surface area contributed by atoms with E-state index in [1.165, 1.54) is 5.56 Å². The summed E-state index contributed by atoms with van der Waals surface area (Å²) in [6.45, 7) is 4.54. The summed E-state index contributed by atoms with van der Waals surface area (Å²) in [5.41, 5.74) is 4.32. The van der Waals surface area contributed by atoms with Crippen LogP contribution in [0.15, 0.2) is 28.9 Å². The lowest BCUT2D eigenvalue weighted by Crippen LogP contribution is -2.26. The molecule has 1 amide bonds. The maximum absolute atomic E-state index is 12.1. The number of H-pyrrole nitrogens is 1. The van der Waals surface area contributed by atoms with Gasteiger partial charge in [-0.15, -0.1) is 0 Å². The van der Waals surface area contributed by atoms with E-state index < -0.39 is 0 Å². The molecule has 3 aromatic rings. The molecular formula is C16H19N5O2. The molecule has 0 unspecified atom stereocenters. The maximum Gasteiger partial charge on any atom is 0.271 e. The molecule has 0 aromatic carbocycles. The summed E-state index contributed by atoms with van der Waals surface area (Å²) in [5.74, 6) is 0.441. The van der Waals surface area contributed by atoms with Gasteiger partial charge in [0.2, 0.25) is 0 Å². The first-order valence-electron chi connectivity index (χ1n) is 7.43. The molecular weight excluding hydrogens is 294 g/mol. The van der Waals surface area contributed by atoms with Crippen molar-refractivity contribution >= 4 is 5.91 Å². The van der Waals surface area contributed by atoms with Crippen molar-refractivity contribution < 1.29 is 9.21 Å². The van der Waals surface area contributed by atoms with Gasteiger partial charge in [0.05, 0.1) is 12.0 Å². The first kappa shape index (κ1) is 15.1. The third kappa shape index (κ3) is 3.03. The molecule has 0 saturated carbocycles. The van der Waals surface area contributed by atoms with E-state index in [9.17, 15) is 4.79 Å². The highest BCUT2D eigenvalue weighted by molar-refractivity contribution is 5.93. The number of carbonyl (C=O) groups is 1. The molecule has 7 heteroatoms. The van der Waals surface area contributed by atoms with Gasteiger partial charge in [-0.05, 0) is 38.0 Å². The van der Waals surface area contributed by atoms with E-state index in [-0.39, 0.29) is 5.91 Å². The molecule has 120 valence electrons. The standard InChI is InChI=1S/C16H19N5O2/c1-10-12(11(2)21(3)20-10)6-7-17-16(22)14-9-13(18-19-14)15-5-4-8-23-15/h4-5,8-9H,6-7H2,1-3H3,(H,17,22)(H,18,19). The number of aryl methyl sites for hydroxylation is 2. The molecule has 3 aromatic heterocycles. The van der Waals surface area contributed by atoms with Crippen molar-refractivity contribution in [1.29, 1.82) is 0 Å². The minimum Gasteiger partial charge on any atom is -0.463 e. The summed E-state index contributed by atoms with van der Waals surface area (Å²) >= 11 is 0. The average molecular weight is 313 g/mol. The van der Waals surface area contributed by atoms with Gasteiger partial charge in [-0.2, -0.15) is 10.2 Å². The summed E-state index contributed by atoms with van der Waals surface area (Å²) in [6.07, 6.45) is 2.32. The number of aromatic nitrogens is 4. The zero-order chi connectivity index (χ0) is 16.4. The topological polar surface area (TPSA) is 88.7 Å². The van der Waals surface area contributed by atoms with Gasteiger partial charge >= 0.3 is 0 Å². The lowest BCUT2D eigenvalue weighted by Gasteiger charge is -2.04. The van der Waals surface area contributed by atoms with E-state index in [2.05, 4.69) is 20.6 Å². The molecule has 0 bridgehead atoms. The number of aromatic amines is 1. The lowest BCUT2D eigenvalue weighted by atomic mass is 10.1. The van der Waals surface area contributed by atoms with Crippen LogP contribution in [0.1, 0.15) is 27.4 Å². The highest BCUT2D eigenvalue weighted by Gasteiger charge is 2.13. The van der Waals surface area contributed by atoms with Crippen molar-refractivity contribution in [2.45, 2.75) is 20.3 Å². The van der Waals surface area contributed by atoms with E-state index in [0.717, 1.165) is 17.8 Å². The Labute approximate surface area is 133 Å². The second kappa shape index (κ2) is 6.12. The Hall–Kier alpha value is -2.83. The molecule has 3 heterocycles. The second-order valence-corrected chi connectivity index (χ2v) is 5.42. The smallest absolute Gasteiger partial charge is 0.271 e. The molecule has 0 aliphatic rings. The normalized spacial score (nSPS) is 10.9. The monoisotopic (exact) mass is 313 g/mol. The summed E-state index contributed by atoms with van der Waals surface area (Å²) in [5, 5.41) is 14.1. The maximum atomic E-state index is 12.1. The second-order valence-electron chi connectivity index (χ2n) is 5.42. The van der Waals surface area contributed by atoms with Crippen molar-refractivity contribution in [2.75, 3.05) is 6.54 Å². The van der Waals surface area contributed by atoms with Gasteiger partial charge in [0.25, 0.3) is 5.91 Å². The Balaban J connectivity index is 1.59. The fourth-order valence-electron chi connectivity index (χ4n) is 2.57. The molecule has 2 N–H and O–H groups in total. The number of nitrogens with zero attached hydrogens (tertiary/aromatic N) is 3. The fraction of sp³-hybridized carbons (Fsp3) is 0.312. The Kier molecular flexibility index (Phi) is 4.01. The Bertz CT molecular complexity index is 814. The predicted octanol–water partition coefficient (Wildman–Crippen LogP) is 1.99. The van der Waals surface area contributed by atoms with Gasteiger partial charge in [-0.3, -0.25) is 14.6 Å². The van der Waals surface area contributed by atoms with E-state index in [1.54, 1.807) is 18.4 Å². The molecule has 23 heavy (non-hydrogen) atoms. The molecule has 0 aliphatic carbocycles. The molecule has 3 rings (SSSR count). The van der Waals surface area contributed by atoms with Crippen LogP contribution in [0.5, 0.6) is 0 Å². The Morgan fingerprint density at radius 1 is 1.43 bits per heavy atom. The summed E-state index contributed by atoms with van der Waals surface area (Å²) in [7, 11) is 1.92. The number of carbonyl (C=O) groups excluding carboxylic acids is 1. The van der Waals surface area contributed by atoms with Gasteiger partial charge in [-0.25, -0.2) is 0 Å². The van der Waals surface area contributed by atoms with Crippen LogP contribution < -0.4 is 5.32 Å². The molecule has 0 atom stereocenters. The molecule has 7 nitrogen and oxygen atoms in total. The van der Waals surface area contributed by atoms with Gasteiger partial charge in [0.1, 0.15) is 5.69 Å². The number of furan rings is 1. The van der Waals surface area contributed by atoms with Crippen LogP contribution in [0, 0.1) is 13.8 Å². The van der Waals surface area contributed by atoms with E-state index >= 15 is 0 Å². The Morgan fingerprint density at radius 3 is 2.91 bits per heavy atom. The molecule has 0 fully saturated rings. The van der Waals surface area contributed by atoms with Crippen molar-refractivity contribution in [2.24, 2.45) is 7.05 Å². The van der Waals surface area contributed by atoms with Gasteiger partial charge in [-0.1, -0.05) is 0 Å². The minimum absolute atomic E-state index is 0.210. The number of nitrogens with one attached hydrogen (secondary N) is 2. The van der Waals surface area contributed by atoms with Gasteiger partial charge < -0.3 is 9.73 Å². The fourth-order valence-corrected chi connectivity index (χ4v) is 2.57. The summed E-state index contributed by atoms with van der Waals surface area (Å²) in [4.78, 5) is 12.1. The number of hydrogen-bond acceptors (Lipinski definition) is 4. The van der Waals surface area contributed by atoms with Crippen LogP contribution in [-0.4, -0.2) is 32.4 Å². The van der Waals surface area contributed by atoms with Crippen LogP contribution in [0.3, 0.4) is 0 Å². The summed E-state index contributed by atoms with van der Waals surface area (Å²) < 4.78 is 7.13. The first-order chi connectivity index (χ1) is 11.1. The van der Waals surface area contributed by atoms with Gasteiger partial charge in [0.15, 0.2) is 11.5 Å². The third-order valence-electron chi connectivity index (χ3n) is 3.92. The van der Waals surface area contributed by atoms with Crippen molar-refractivity contribution in [1.82, 2.24) is 25.3 Å². The average Bonchev–Trinajstić information content (AvgIpc) is 3.23. The van der Waals surface area contributed by atoms with E-state index in [4.69, 9.17) is 4.42 Å². The zero-order valence-corrected chi connectivity index (χ0v) is 13.4. The van der Waals surface area contributed by atoms with E-state index in [1.807, 2.05) is 31.6 Å². The quantitative estimate of drug-likeness (QED) is 0.754. The molecule has 0 spiro atoms. The van der Waals surface area contributed by atoms with Gasteiger partial charge in [0, 0.05) is 25.4 Å². The first-order valence-corrected chi connectivity index (χ1v) is 7.43. The number of rotatable bonds is 5. The molecule has 0 aliphatic heterocycles.